The first kappa shape index (κ1) is 49.3. The lowest BCUT2D eigenvalue weighted by Gasteiger charge is -2.32. The fraction of sp³-hybridized carbons (Fsp3) is 0.0909. The van der Waals surface area contributed by atoms with Gasteiger partial charge in [-0.3, -0.25) is 0 Å². The fourth-order valence-electron chi connectivity index (χ4n) is 10.9. The third-order valence-electron chi connectivity index (χ3n) is 15.0. The van der Waals surface area contributed by atoms with Crippen LogP contribution in [0.3, 0.4) is 0 Å². The Morgan fingerprint density at radius 2 is 0.816 bits per heavy atom. The molecular weight excluding hydrogens is 1170 g/mol. The van der Waals surface area contributed by atoms with E-state index in [1.165, 1.54) is 106 Å². The van der Waals surface area contributed by atoms with Gasteiger partial charge in [0.2, 0.25) is 0 Å². The molecule has 1 saturated heterocycles. The Hall–Kier alpha value is -6.34. The first-order valence-electron chi connectivity index (χ1n) is 25.3. The van der Waals surface area contributed by atoms with Crippen molar-refractivity contribution in [3.8, 4) is 22.5 Å². The molecular formula is C66H48BBr3N2O2S2. The van der Waals surface area contributed by atoms with E-state index >= 15 is 0 Å². The van der Waals surface area contributed by atoms with Gasteiger partial charge in [0.1, 0.15) is 0 Å². The number of thiophene rings is 2. The van der Waals surface area contributed by atoms with Crippen LogP contribution >= 0.6 is 70.5 Å². The van der Waals surface area contributed by atoms with Crippen molar-refractivity contribution in [2.24, 2.45) is 0 Å². The van der Waals surface area contributed by atoms with Crippen LogP contribution in [0.4, 0.5) is 0 Å². The van der Waals surface area contributed by atoms with E-state index in [1.54, 1.807) is 0 Å². The topological polar surface area (TPSA) is 28.3 Å². The highest BCUT2D eigenvalue weighted by Crippen LogP contribution is 2.48. The summed E-state index contributed by atoms with van der Waals surface area (Å²) in [5.41, 5.74) is 10.2. The molecule has 1 fully saturated rings. The fourth-order valence-corrected chi connectivity index (χ4v) is 14.8. The van der Waals surface area contributed by atoms with Gasteiger partial charge >= 0.3 is 7.12 Å². The standard InChI is InChI=1S/C30H26BNO2S.C30H18BrNS.C6H4Br2/c1-29(2)30(3,4)34-31(33-29)23-18-22-20-14-8-10-16-24(20)32(19-12-6-5-7-13-19)27(22)26-21-15-9-11-17-25(21)35-28(23)26;31-20-10-8-9-19(17-20)24-18-25-22-13-4-6-15-26(22)32(21-11-2-1-3-12-21)29(25)28-23-14-5-7-16-27(23)33-30(24)28;7-5-2-1-3-6(8)4-5/h5-18H,1-4H3;1-18H;1-4H. The summed E-state index contributed by atoms with van der Waals surface area (Å²) < 4.78 is 26.5. The summed E-state index contributed by atoms with van der Waals surface area (Å²) >= 11 is 14.1. The minimum atomic E-state index is -0.418. The summed E-state index contributed by atoms with van der Waals surface area (Å²) in [5, 5.41) is 10.2. The van der Waals surface area contributed by atoms with Crippen LogP contribution in [-0.2, 0) is 9.31 Å². The maximum atomic E-state index is 6.58. The van der Waals surface area contributed by atoms with Crippen molar-refractivity contribution in [2.75, 3.05) is 0 Å². The predicted molar refractivity (Wildman–Crippen MR) is 338 cm³/mol. The van der Waals surface area contributed by atoms with Gasteiger partial charge in [-0.2, -0.15) is 0 Å². The van der Waals surface area contributed by atoms with Gasteiger partial charge in [0, 0.05) is 97.7 Å². The molecule has 0 atom stereocenters. The largest absolute Gasteiger partial charge is 0.496 e. The quantitative estimate of drug-likeness (QED) is 0.164. The molecule has 14 aromatic rings. The molecule has 0 N–H and O–H groups in total. The maximum Gasteiger partial charge on any atom is 0.496 e. The van der Waals surface area contributed by atoms with Gasteiger partial charge in [-0.1, -0.05) is 181 Å². The van der Waals surface area contributed by atoms with Crippen molar-refractivity contribution in [1.29, 1.82) is 0 Å². The molecule has 76 heavy (non-hydrogen) atoms. The minimum absolute atomic E-state index is 0.395. The molecule has 1 aliphatic rings. The molecule has 0 bridgehead atoms. The Bertz CT molecular complexity index is 4510. The number of para-hydroxylation sites is 4. The van der Waals surface area contributed by atoms with Crippen LogP contribution in [0.2, 0.25) is 0 Å². The molecule has 0 aliphatic carbocycles. The van der Waals surface area contributed by atoms with Crippen molar-refractivity contribution in [1.82, 2.24) is 9.13 Å². The van der Waals surface area contributed by atoms with Crippen LogP contribution in [0.25, 0.3) is 106 Å². The van der Waals surface area contributed by atoms with Gasteiger partial charge < -0.3 is 18.4 Å². The summed E-state index contributed by atoms with van der Waals surface area (Å²) in [5.74, 6) is 0. The van der Waals surface area contributed by atoms with Gasteiger partial charge in [0.15, 0.2) is 0 Å². The SMILES string of the molecule is Brc1cccc(-c2cc3c4ccccc4n(-c4ccccc4)c3c3c2sc2ccccc23)c1.Brc1cccc(Br)c1.CC1(C)OB(c2cc3c4ccccc4n(-c4ccccc4)c3c3c2sc2ccccc23)OC1(C)C. The zero-order valence-electron chi connectivity index (χ0n) is 42.0. The average Bonchev–Trinajstić information content (AvgIpc) is 4.34. The summed E-state index contributed by atoms with van der Waals surface area (Å²) in [6.07, 6.45) is 0. The Morgan fingerprint density at radius 3 is 1.32 bits per heavy atom. The predicted octanol–water partition coefficient (Wildman–Crippen LogP) is 20.2. The maximum absolute atomic E-state index is 6.58. The lowest BCUT2D eigenvalue weighted by Crippen LogP contribution is -2.41. The second kappa shape index (κ2) is 19.6. The van der Waals surface area contributed by atoms with E-state index in [4.69, 9.17) is 9.31 Å². The van der Waals surface area contributed by atoms with Crippen LogP contribution in [0.1, 0.15) is 27.7 Å². The van der Waals surface area contributed by atoms with Crippen LogP contribution < -0.4 is 5.46 Å². The highest BCUT2D eigenvalue weighted by atomic mass is 79.9. The van der Waals surface area contributed by atoms with Crippen molar-refractivity contribution >= 4 is 167 Å². The van der Waals surface area contributed by atoms with E-state index in [-0.39, 0.29) is 0 Å². The molecule has 0 amide bonds. The van der Waals surface area contributed by atoms with E-state index in [2.05, 4.69) is 279 Å². The number of hydrogen-bond donors (Lipinski definition) is 0. The highest BCUT2D eigenvalue weighted by molar-refractivity contribution is 9.11. The minimum Gasteiger partial charge on any atom is -0.399 e. The van der Waals surface area contributed by atoms with Gasteiger partial charge in [-0.15, -0.1) is 22.7 Å². The van der Waals surface area contributed by atoms with Crippen molar-refractivity contribution in [2.45, 2.75) is 38.9 Å². The zero-order valence-corrected chi connectivity index (χ0v) is 48.4. The molecule has 10 aromatic carbocycles. The second-order valence-corrected chi connectivity index (χ2v) is 25.1. The smallest absolute Gasteiger partial charge is 0.399 e. The molecule has 1 aliphatic heterocycles. The van der Waals surface area contributed by atoms with E-state index in [1.807, 2.05) is 46.9 Å². The van der Waals surface area contributed by atoms with E-state index in [0.29, 0.717) is 0 Å². The molecule has 0 spiro atoms. The molecule has 0 unspecified atom stereocenters. The second-order valence-electron chi connectivity index (χ2n) is 20.2. The lowest BCUT2D eigenvalue weighted by atomic mass is 9.77. The lowest BCUT2D eigenvalue weighted by molar-refractivity contribution is 0.00578. The first-order chi connectivity index (χ1) is 36.9. The van der Waals surface area contributed by atoms with Crippen molar-refractivity contribution in [3.05, 3.63) is 232 Å². The molecule has 4 aromatic heterocycles. The molecule has 370 valence electrons. The Balaban J connectivity index is 0.000000127. The Morgan fingerprint density at radius 1 is 0.395 bits per heavy atom. The number of nitrogens with zero attached hydrogens (tertiary/aromatic N) is 2. The van der Waals surface area contributed by atoms with Crippen LogP contribution in [0.15, 0.2) is 232 Å². The van der Waals surface area contributed by atoms with E-state index < -0.39 is 18.3 Å². The zero-order chi connectivity index (χ0) is 51.9. The average molecular weight is 1220 g/mol. The van der Waals surface area contributed by atoms with Gasteiger partial charge in [0.05, 0.1) is 33.3 Å². The third kappa shape index (κ3) is 8.45. The monoisotopic (exact) mass is 1210 g/mol. The van der Waals surface area contributed by atoms with E-state index in [0.717, 1.165) is 18.9 Å². The van der Waals surface area contributed by atoms with Gasteiger partial charge in [0.25, 0.3) is 0 Å². The number of hydrogen-bond acceptors (Lipinski definition) is 4. The van der Waals surface area contributed by atoms with Crippen molar-refractivity contribution < 1.29 is 9.31 Å². The van der Waals surface area contributed by atoms with Crippen LogP contribution in [0, 0.1) is 0 Å². The number of halogens is 3. The number of rotatable bonds is 4. The number of benzene rings is 10. The summed E-state index contributed by atoms with van der Waals surface area (Å²) in [7, 11) is -0.418. The van der Waals surface area contributed by atoms with Crippen molar-refractivity contribution in [3.63, 3.8) is 0 Å². The van der Waals surface area contributed by atoms with Crippen LogP contribution in [-0.4, -0.2) is 27.5 Å². The highest BCUT2D eigenvalue weighted by Gasteiger charge is 2.52. The molecule has 15 rings (SSSR count). The Kier molecular flexibility index (Phi) is 12.7. The van der Waals surface area contributed by atoms with E-state index in [9.17, 15) is 0 Å². The molecule has 0 saturated carbocycles. The number of fused-ring (bicyclic) bond motifs is 14. The summed E-state index contributed by atoms with van der Waals surface area (Å²) in [6.45, 7) is 8.48. The summed E-state index contributed by atoms with van der Waals surface area (Å²) in [4.78, 5) is 0. The first-order valence-corrected chi connectivity index (χ1v) is 29.3. The van der Waals surface area contributed by atoms with Gasteiger partial charge in [-0.05, 0) is 118 Å². The molecule has 4 nitrogen and oxygen atoms in total. The molecule has 0 radical (unpaired) electrons. The normalized spacial score (nSPS) is 14.1. The van der Waals surface area contributed by atoms with Gasteiger partial charge in [-0.25, -0.2) is 0 Å². The third-order valence-corrected chi connectivity index (χ3v) is 18.9. The Labute approximate surface area is 474 Å². The summed E-state index contributed by atoms with van der Waals surface area (Å²) in [6, 6.07) is 77.7. The number of aromatic nitrogens is 2. The van der Waals surface area contributed by atoms with Crippen LogP contribution in [0.5, 0.6) is 0 Å². The molecule has 10 heteroatoms. The molecule has 5 heterocycles.